The zero-order valence-corrected chi connectivity index (χ0v) is 6.86. The van der Waals surface area contributed by atoms with Crippen LogP contribution in [0.5, 0.6) is 0 Å². The van der Waals surface area contributed by atoms with E-state index >= 15 is 0 Å². The molecule has 1 unspecified atom stereocenters. The third-order valence-corrected chi connectivity index (χ3v) is 3.06. The number of hydrogen-bond acceptors (Lipinski definition) is 3. The van der Waals surface area contributed by atoms with Gasteiger partial charge in [0, 0.05) is 0 Å². The molecule has 0 bridgehead atoms. The van der Waals surface area contributed by atoms with Crippen molar-refractivity contribution >= 4 is 10.0 Å². The van der Waals surface area contributed by atoms with E-state index in [1.165, 1.54) is 7.05 Å². The molecule has 1 atom stereocenters. The van der Waals surface area contributed by atoms with Crippen LogP contribution in [0.3, 0.4) is 0 Å². The first-order valence-electron chi connectivity index (χ1n) is 3.03. The van der Waals surface area contributed by atoms with Gasteiger partial charge in [-0.05, 0) is 14.0 Å². The molecule has 0 radical (unpaired) electrons. The number of sulfonamides is 1. The molecule has 1 heterocycles. The smallest absolute Gasteiger partial charge is 0.214 e. The first-order chi connectivity index (χ1) is 4.47. The van der Waals surface area contributed by atoms with E-state index in [0.717, 1.165) is 0 Å². The van der Waals surface area contributed by atoms with Crippen LogP contribution >= 0.6 is 0 Å². The molecule has 5 heteroatoms. The maximum Gasteiger partial charge on any atom is 0.214 e. The van der Waals surface area contributed by atoms with Crippen LogP contribution in [-0.4, -0.2) is 33.4 Å². The molecule has 10 heavy (non-hydrogen) atoms. The molecule has 1 rings (SSSR count). The number of rotatable bonds is 3. The van der Waals surface area contributed by atoms with Crippen molar-refractivity contribution in [3.63, 3.8) is 0 Å². The summed E-state index contributed by atoms with van der Waals surface area (Å²) >= 11 is 0. The van der Waals surface area contributed by atoms with Gasteiger partial charge in [-0.3, -0.25) is 0 Å². The fourth-order valence-electron chi connectivity index (χ4n) is 0.681. The highest BCUT2D eigenvalue weighted by Gasteiger charge is 2.43. The second-order valence-corrected chi connectivity index (χ2v) is 4.63. The second-order valence-electron chi connectivity index (χ2n) is 2.70. The van der Waals surface area contributed by atoms with Crippen LogP contribution in [0.15, 0.2) is 0 Å². The van der Waals surface area contributed by atoms with E-state index in [1.807, 2.05) is 0 Å². The Labute approximate surface area is 60.6 Å². The summed E-state index contributed by atoms with van der Waals surface area (Å²) in [6.07, 6.45) is 0. The van der Waals surface area contributed by atoms with Gasteiger partial charge in [0.05, 0.1) is 12.4 Å². The molecule has 1 N–H and O–H groups in total. The van der Waals surface area contributed by atoms with Gasteiger partial charge in [-0.2, -0.15) is 0 Å². The molecule has 1 aliphatic rings. The van der Waals surface area contributed by atoms with Gasteiger partial charge < -0.3 is 4.74 Å². The molecule has 60 valence electrons. The molecule has 4 nitrogen and oxygen atoms in total. The highest BCUT2D eigenvalue weighted by Crippen LogP contribution is 2.26. The predicted molar refractivity (Wildman–Crippen MR) is 37.2 cm³/mol. The number of nitrogens with one attached hydrogen (secondary N) is 1. The van der Waals surface area contributed by atoms with Crippen molar-refractivity contribution in [2.75, 3.05) is 19.4 Å². The zero-order chi connectivity index (χ0) is 7.83. The van der Waals surface area contributed by atoms with E-state index in [1.54, 1.807) is 6.92 Å². The molecule has 0 aliphatic carbocycles. The summed E-state index contributed by atoms with van der Waals surface area (Å²) in [6, 6.07) is 0. The van der Waals surface area contributed by atoms with Gasteiger partial charge in [-0.25, -0.2) is 13.1 Å². The SMILES string of the molecule is CNS(=O)(=O)CC1(C)CO1. The van der Waals surface area contributed by atoms with Gasteiger partial charge in [0.2, 0.25) is 10.0 Å². The molecule has 1 aliphatic heterocycles. The van der Waals surface area contributed by atoms with Crippen molar-refractivity contribution in [2.45, 2.75) is 12.5 Å². The Bertz CT molecular complexity index is 217. The lowest BCUT2D eigenvalue weighted by atomic mass is 10.3. The molecular weight excluding hydrogens is 154 g/mol. The summed E-state index contributed by atoms with van der Waals surface area (Å²) < 4.78 is 28.9. The van der Waals surface area contributed by atoms with Crippen LogP contribution in [0.25, 0.3) is 0 Å². The van der Waals surface area contributed by atoms with E-state index < -0.39 is 15.6 Å². The Kier molecular flexibility index (Phi) is 1.74. The highest BCUT2D eigenvalue weighted by atomic mass is 32.2. The van der Waals surface area contributed by atoms with E-state index in [4.69, 9.17) is 4.74 Å². The van der Waals surface area contributed by atoms with Gasteiger partial charge in [0.25, 0.3) is 0 Å². The summed E-state index contributed by atoms with van der Waals surface area (Å²) in [4.78, 5) is 0. The minimum Gasteiger partial charge on any atom is -0.369 e. The summed E-state index contributed by atoms with van der Waals surface area (Å²) in [5.74, 6) is 0.0660. The van der Waals surface area contributed by atoms with Crippen molar-refractivity contribution < 1.29 is 13.2 Å². The number of epoxide rings is 1. The normalized spacial score (nSPS) is 32.2. The molecule has 1 saturated heterocycles. The maximum absolute atomic E-state index is 10.9. The first-order valence-corrected chi connectivity index (χ1v) is 4.68. The molecule has 0 aromatic rings. The second kappa shape index (κ2) is 2.18. The third kappa shape index (κ3) is 1.93. The van der Waals surface area contributed by atoms with Gasteiger partial charge >= 0.3 is 0 Å². The van der Waals surface area contributed by atoms with Crippen LogP contribution in [-0.2, 0) is 14.8 Å². The summed E-state index contributed by atoms with van der Waals surface area (Å²) in [7, 11) is -1.69. The fourth-order valence-corrected chi connectivity index (χ4v) is 1.80. The van der Waals surface area contributed by atoms with E-state index in [0.29, 0.717) is 6.61 Å². The number of ether oxygens (including phenoxy) is 1. The lowest BCUT2D eigenvalue weighted by Crippen LogP contribution is -2.29. The first kappa shape index (κ1) is 7.97. The Morgan fingerprint density at radius 1 is 1.70 bits per heavy atom. The van der Waals surface area contributed by atoms with Crippen molar-refractivity contribution in [1.82, 2.24) is 4.72 Å². The topological polar surface area (TPSA) is 58.7 Å². The fraction of sp³-hybridized carbons (Fsp3) is 1.00. The van der Waals surface area contributed by atoms with Gasteiger partial charge in [0.15, 0.2) is 0 Å². The van der Waals surface area contributed by atoms with Crippen molar-refractivity contribution in [2.24, 2.45) is 0 Å². The molecule has 0 amide bonds. The van der Waals surface area contributed by atoms with E-state index in [2.05, 4.69) is 4.72 Å². The van der Waals surface area contributed by atoms with Gasteiger partial charge in [-0.15, -0.1) is 0 Å². The van der Waals surface area contributed by atoms with Crippen LogP contribution in [0.1, 0.15) is 6.92 Å². The highest BCUT2D eigenvalue weighted by molar-refractivity contribution is 7.89. The minimum absolute atomic E-state index is 0.0660. The third-order valence-electron chi connectivity index (χ3n) is 1.44. The maximum atomic E-state index is 10.9. The Morgan fingerprint density at radius 2 is 2.20 bits per heavy atom. The number of hydrogen-bond donors (Lipinski definition) is 1. The minimum atomic E-state index is -3.09. The summed E-state index contributed by atoms with van der Waals surface area (Å²) in [5, 5.41) is 0. The predicted octanol–water partition coefficient (Wildman–Crippen LogP) is -0.675. The average molecular weight is 165 g/mol. The monoisotopic (exact) mass is 165 g/mol. The van der Waals surface area contributed by atoms with Crippen molar-refractivity contribution in [3.05, 3.63) is 0 Å². The Morgan fingerprint density at radius 3 is 2.50 bits per heavy atom. The van der Waals surface area contributed by atoms with Crippen LogP contribution in [0.2, 0.25) is 0 Å². The van der Waals surface area contributed by atoms with E-state index in [9.17, 15) is 8.42 Å². The lowest BCUT2D eigenvalue weighted by molar-refractivity contribution is 0.344. The quantitative estimate of drug-likeness (QED) is 0.564. The van der Waals surface area contributed by atoms with Crippen molar-refractivity contribution in [3.8, 4) is 0 Å². The van der Waals surface area contributed by atoms with Gasteiger partial charge in [-0.1, -0.05) is 0 Å². The van der Waals surface area contributed by atoms with Crippen LogP contribution in [0, 0.1) is 0 Å². The molecule has 0 aromatic carbocycles. The standard InChI is InChI=1S/C5H11NO3S/c1-5(3-9-5)4-10(7,8)6-2/h6H,3-4H2,1-2H3. The molecule has 0 spiro atoms. The molecule has 0 saturated carbocycles. The lowest BCUT2D eigenvalue weighted by Gasteiger charge is -2.03. The average Bonchev–Trinajstić information content (AvgIpc) is 2.47. The molecule has 1 fully saturated rings. The zero-order valence-electron chi connectivity index (χ0n) is 6.05. The Hall–Kier alpha value is -0.130. The summed E-state index contributed by atoms with van der Waals surface area (Å²) in [5.41, 5.74) is -0.415. The molecule has 0 aromatic heterocycles. The van der Waals surface area contributed by atoms with E-state index in [-0.39, 0.29) is 5.75 Å². The summed E-state index contributed by atoms with van der Waals surface area (Å²) in [6.45, 7) is 2.33. The van der Waals surface area contributed by atoms with Crippen LogP contribution in [0.4, 0.5) is 0 Å². The van der Waals surface area contributed by atoms with Crippen LogP contribution < -0.4 is 4.72 Å². The van der Waals surface area contributed by atoms with Crippen molar-refractivity contribution in [1.29, 1.82) is 0 Å². The largest absolute Gasteiger partial charge is 0.369 e. The Balaban J connectivity index is 2.53. The van der Waals surface area contributed by atoms with Gasteiger partial charge in [0.1, 0.15) is 5.60 Å². The molecular formula is C5H11NO3S.